The van der Waals surface area contributed by atoms with E-state index in [4.69, 9.17) is 0 Å². The Bertz CT molecular complexity index is 929. The maximum atomic E-state index is 13.0. The predicted octanol–water partition coefficient (Wildman–Crippen LogP) is 3.34. The van der Waals surface area contributed by atoms with Crippen molar-refractivity contribution in [2.45, 2.75) is 25.7 Å². The van der Waals surface area contributed by atoms with E-state index < -0.39 is 10.0 Å². The summed E-state index contributed by atoms with van der Waals surface area (Å²) in [6.45, 7) is 6.79. The van der Waals surface area contributed by atoms with Crippen LogP contribution in [0.4, 0.5) is 21.5 Å². The van der Waals surface area contributed by atoms with E-state index in [2.05, 4.69) is 16.0 Å². The lowest BCUT2D eigenvalue weighted by molar-refractivity contribution is -0.114. The Morgan fingerprint density at radius 1 is 0.966 bits per heavy atom. The molecule has 0 unspecified atom stereocenters. The fraction of sp³-hybridized carbons (Fsp3) is 0.350. The van der Waals surface area contributed by atoms with Gasteiger partial charge in [-0.1, -0.05) is 13.8 Å². The summed E-state index contributed by atoms with van der Waals surface area (Å²) in [5.41, 5.74) is 1.68. The molecule has 2 aromatic carbocycles. The smallest absolute Gasteiger partial charge is 0.243 e. The molecule has 0 radical (unpaired) electrons. The van der Waals surface area contributed by atoms with Crippen molar-refractivity contribution in [1.82, 2.24) is 4.31 Å². The molecule has 0 heterocycles. The van der Waals surface area contributed by atoms with Gasteiger partial charge in [-0.2, -0.15) is 4.31 Å². The summed E-state index contributed by atoms with van der Waals surface area (Å²) >= 11 is 0. The zero-order valence-corrected chi connectivity index (χ0v) is 17.6. The second-order valence-electron chi connectivity index (χ2n) is 6.24. The molecule has 0 aromatic heterocycles. The lowest BCUT2D eigenvalue weighted by Gasteiger charge is -2.20. The Morgan fingerprint density at radius 2 is 1.62 bits per heavy atom. The molecule has 29 heavy (non-hydrogen) atoms. The molecule has 158 valence electrons. The van der Waals surface area contributed by atoms with E-state index in [0.29, 0.717) is 36.7 Å². The number of anilines is 3. The standard InChI is InChI=1S/C20H27FN4O3S/c1-4-22-18-12-11-17(29(27,28)25(5-2)6-3)13-19(18)23-14-20(26)24-16-9-7-15(21)8-10-16/h7-13,22-23H,4-6,14H2,1-3H3,(H,24,26). The quantitative estimate of drug-likeness (QED) is 0.546. The molecule has 1 amide bonds. The molecule has 0 aliphatic rings. The summed E-state index contributed by atoms with van der Waals surface area (Å²) in [7, 11) is -3.62. The number of sulfonamides is 1. The fourth-order valence-corrected chi connectivity index (χ4v) is 4.29. The number of carbonyl (C=O) groups excluding carboxylic acids is 1. The van der Waals surface area contributed by atoms with Gasteiger partial charge in [0, 0.05) is 25.3 Å². The van der Waals surface area contributed by atoms with Crippen molar-refractivity contribution in [1.29, 1.82) is 0 Å². The van der Waals surface area contributed by atoms with Crippen molar-refractivity contribution in [3.8, 4) is 0 Å². The van der Waals surface area contributed by atoms with Crippen LogP contribution >= 0.6 is 0 Å². The number of rotatable bonds is 10. The molecule has 3 N–H and O–H groups in total. The van der Waals surface area contributed by atoms with Crippen LogP contribution in [0.1, 0.15) is 20.8 Å². The van der Waals surface area contributed by atoms with Crippen molar-refractivity contribution < 1.29 is 17.6 Å². The molecule has 2 aromatic rings. The summed E-state index contributed by atoms with van der Waals surface area (Å²) in [6.07, 6.45) is 0. The van der Waals surface area contributed by atoms with E-state index in [1.54, 1.807) is 26.0 Å². The van der Waals surface area contributed by atoms with Crippen LogP contribution in [0.25, 0.3) is 0 Å². The number of halogens is 1. The van der Waals surface area contributed by atoms with Crippen LogP contribution in [-0.4, -0.2) is 44.8 Å². The third kappa shape index (κ3) is 5.91. The van der Waals surface area contributed by atoms with Gasteiger partial charge in [-0.25, -0.2) is 12.8 Å². The molecule has 0 fully saturated rings. The van der Waals surface area contributed by atoms with Crippen LogP contribution in [0.15, 0.2) is 47.4 Å². The van der Waals surface area contributed by atoms with E-state index in [-0.39, 0.29) is 23.2 Å². The second kappa shape index (κ2) is 10.2. The SMILES string of the molecule is CCNc1ccc(S(=O)(=O)N(CC)CC)cc1NCC(=O)Nc1ccc(F)cc1. The number of amides is 1. The Balaban J connectivity index is 2.18. The third-order valence-electron chi connectivity index (χ3n) is 4.27. The number of benzene rings is 2. The van der Waals surface area contributed by atoms with Crippen molar-refractivity contribution in [3.05, 3.63) is 48.3 Å². The van der Waals surface area contributed by atoms with Crippen LogP contribution in [0, 0.1) is 5.82 Å². The molecule has 9 heteroatoms. The van der Waals surface area contributed by atoms with Gasteiger partial charge >= 0.3 is 0 Å². The number of nitrogens with one attached hydrogen (secondary N) is 3. The molecule has 0 spiro atoms. The van der Waals surface area contributed by atoms with E-state index in [0.717, 1.165) is 0 Å². The first-order valence-corrected chi connectivity index (χ1v) is 10.9. The van der Waals surface area contributed by atoms with Crippen LogP contribution < -0.4 is 16.0 Å². The minimum atomic E-state index is -3.62. The van der Waals surface area contributed by atoms with E-state index in [1.807, 2.05) is 6.92 Å². The average molecular weight is 423 g/mol. The molecule has 7 nitrogen and oxygen atoms in total. The van der Waals surface area contributed by atoms with E-state index in [1.165, 1.54) is 34.6 Å². The largest absolute Gasteiger partial charge is 0.384 e. The molecule has 0 atom stereocenters. The monoisotopic (exact) mass is 422 g/mol. The first kappa shape index (κ1) is 22.6. The fourth-order valence-electron chi connectivity index (χ4n) is 2.80. The van der Waals surface area contributed by atoms with Crippen LogP contribution in [0.5, 0.6) is 0 Å². The minimum absolute atomic E-state index is 0.0788. The summed E-state index contributed by atoms with van der Waals surface area (Å²) in [4.78, 5) is 12.4. The average Bonchev–Trinajstić information content (AvgIpc) is 2.70. The number of nitrogens with zero attached hydrogens (tertiary/aromatic N) is 1. The molecule has 0 bridgehead atoms. The highest BCUT2D eigenvalue weighted by atomic mass is 32.2. The molecule has 0 saturated carbocycles. The Hall–Kier alpha value is -2.65. The van der Waals surface area contributed by atoms with Gasteiger partial charge < -0.3 is 16.0 Å². The molecular formula is C20H27FN4O3S. The number of hydrogen-bond donors (Lipinski definition) is 3. The maximum absolute atomic E-state index is 13.0. The highest BCUT2D eigenvalue weighted by Crippen LogP contribution is 2.27. The summed E-state index contributed by atoms with van der Waals surface area (Å²) < 4.78 is 39.9. The maximum Gasteiger partial charge on any atom is 0.243 e. The summed E-state index contributed by atoms with van der Waals surface area (Å²) in [5, 5.41) is 8.79. The molecule has 0 aliphatic heterocycles. The van der Waals surface area contributed by atoms with Crippen LogP contribution in [-0.2, 0) is 14.8 Å². The number of carbonyl (C=O) groups is 1. The normalized spacial score (nSPS) is 11.3. The predicted molar refractivity (Wildman–Crippen MR) is 114 cm³/mol. The van der Waals surface area contributed by atoms with Crippen molar-refractivity contribution in [2.75, 3.05) is 42.1 Å². The van der Waals surface area contributed by atoms with Gasteiger partial charge in [0.2, 0.25) is 15.9 Å². The summed E-state index contributed by atoms with van der Waals surface area (Å²) in [5.74, 6) is -0.723. The Kier molecular flexibility index (Phi) is 7.98. The Morgan fingerprint density at radius 3 is 2.21 bits per heavy atom. The zero-order chi connectivity index (χ0) is 21.4. The van der Waals surface area contributed by atoms with Crippen molar-refractivity contribution in [3.63, 3.8) is 0 Å². The lowest BCUT2D eigenvalue weighted by Crippen LogP contribution is -2.30. The zero-order valence-electron chi connectivity index (χ0n) is 16.8. The minimum Gasteiger partial charge on any atom is -0.384 e. The highest BCUT2D eigenvalue weighted by molar-refractivity contribution is 7.89. The molecular weight excluding hydrogens is 395 g/mol. The first-order valence-electron chi connectivity index (χ1n) is 9.49. The van der Waals surface area contributed by atoms with E-state index in [9.17, 15) is 17.6 Å². The first-order chi connectivity index (χ1) is 13.8. The van der Waals surface area contributed by atoms with Gasteiger partial charge in [-0.05, 0) is 49.4 Å². The summed E-state index contributed by atoms with van der Waals surface area (Å²) in [6, 6.07) is 10.2. The van der Waals surface area contributed by atoms with Crippen LogP contribution in [0.2, 0.25) is 0 Å². The van der Waals surface area contributed by atoms with Crippen LogP contribution in [0.3, 0.4) is 0 Å². The van der Waals surface area contributed by atoms with Gasteiger partial charge in [0.25, 0.3) is 0 Å². The second-order valence-corrected chi connectivity index (χ2v) is 8.17. The van der Waals surface area contributed by atoms with Gasteiger partial charge in [0.1, 0.15) is 5.82 Å². The Labute approximate surface area is 171 Å². The van der Waals surface area contributed by atoms with Crippen molar-refractivity contribution >= 4 is 33.0 Å². The molecule has 2 rings (SSSR count). The number of hydrogen-bond acceptors (Lipinski definition) is 5. The lowest BCUT2D eigenvalue weighted by atomic mass is 10.2. The van der Waals surface area contributed by atoms with Gasteiger partial charge in [-0.15, -0.1) is 0 Å². The third-order valence-corrected chi connectivity index (χ3v) is 6.31. The van der Waals surface area contributed by atoms with Gasteiger partial charge in [0.05, 0.1) is 22.8 Å². The van der Waals surface area contributed by atoms with Gasteiger partial charge in [0.15, 0.2) is 0 Å². The van der Waals surface area contributed by atoms with Gasteiger partial charge in [-0.3, -0.25) is 4.79 Å². The molecule has 0 saturated heterocycles. The molecule has 0 aliphatic carbocycles. The highest BCUT2D eigenvalue weighted by Gasteiger charge is 2.22. The topological polar surface area (TPSA) is 90.5 Å². The van der Waals surface area contributed by atoms with Crippen molar-refractivity contribution in [2.24, 2.45) is 0 Å². The van der Waals surface area contributed by atoms with E-state index >= 15 is 0 Å².